The minimum Gasteiger partial charge on any atom is -0.324 e. The number of nitrogens with two attached hydrogens (primary N) is 1. The van der Waals surface area contributed by atoms with Crippen LogP contribution >= 0.6 is 22.9 Å². The predicted octanol–water partition coefficient (Wildman–Crippen LogP) is 3.49. The Morgan fingerprint density at radius 1 is 1.53 bits per heavy atom. The highest BCUT2D eigenvalue weighted by Gasteiger charge is 2.11. The average Bonchev–Trinajstić information content (AvgIpc) is 2.68. The molecule has 0 radical (unpaired) electrons. The molecule has 0 saturated heterocycles. The molecular formula is C12H12ClFN2S. The number of aryl methyl sites for hydroxylation is 1. The van der Waals surface area contributed by atoms with Crippen LogP contribution in [0.5, 0.6) is 0 Å². The Morgan fingerprint density at radius 2 is 2.29 bits per heavy atom. The zero-order valence-electron chi connectivity index (χ0n) is 9.28. The van der Waals surface area contributed by atoms with Gasteiger partial charge < -0.3 is 5.73 Å². The van der Waals surface area contributed by atoms with E-state index in [0.717, 1.165) is 16.3 Å². The molecule has 1 atom stereocenters. The molecule has 1 unspecified atom stereocenters. The Kier molecular flexibility index (Phi) is 3.76. The van der Waals surface area contributed by atoms with Crippen molar-refractivity contribution in [3.8, 4) is 0 Å². The second-order valence-corrected chi connectivity index (χ2v) is 5.31. The largest absolute Gasteiger partial charge is 0.324 e. The zero-order valence-corrected chi connectivity index (χ0v) is 10.9. The number of hydrogen-bond donors (Lipinski definition) is 1. The van der Waals surface area contributed by atoms with Crippen molar-refractivity contribution < 1.29 is 4.39 Å². The van der Waals surface area contributed by atoms with Gasteiger partial charge in [-0.3, -0.25) is 0 Å². The third kappa shape index (κ3) is 3.03. The van der Waals surface area contributed by atoms with E-state index in [2.05, 4.69) is 4.98 Å². The molecule has 1 aromatic carbocycles. The van der Waals surface area contributed by atoms with Gasteiger partial charge in [0.1, 0.15) is 5.82 Å². The first-order valence-electron chi connectivity index (χ1n) is 5.18. The van der Waals surface area contributed by atoms with Gasteiger partial charge in [0, 0.05) is 17.8 Å². The molecule has 0 fully saturated rings. The fourth-order valence-electron chi connectivity index (χ4n) is 1.59. The molecule has 5 heteroatoms. The van der Waals surface area contributed by atoms with Gasteiger partial charge >= 0.3 is 0 Å². The van der Waals surface area contributed by atoms with E-state index in [4.69, 9.17) is 17.3 Å². The number of benzene rings is 1. The summed E-state index contributed by atoms with van der Waals surface area (Å²) in [6, 6.07) is 4.39. The first-order valence-corrected chi connectivity index (χ1v) is 6.43. The first-order chi connectivity index (χ1) is 8.06. The second-order valence-electron chi connectivity index (χ2n) is 3.84. The van der Waals surface area contributed by atoms with Crippen LogP contribution in [0.15, 0.2) is 23.6 Å². The van der Waals surface area contributed by atoms with Crippen molar-refractivity contribution in [3.63, 3.8) is 0 Å². The Morgan fingerprint density at radius 3 is 2.88 bits per heavy atom. The highest BCUT2D eigenvalue weighted by atomic mass is 35.5. The van der Waals surface area contributed by atoms with Crippen molar-refractivity contribution in [2.45, 2.75) is 19.4 Å². The highest BCUT2D eigenvalue weighted by molar-refractivity contribution is 7.09. The summed E-state index contributed by atoms with van der Waals surface area (Å²) in [5.41, 5.74) is 7.68. The van der Waals surface area contributed by atoms with Gasteiger partial charge in [0.25, 0.3) is 0 Å². The number of nitrogens with zero attached hydrogens (tertiary/aromatic N) is 1. The maximum atomic E-state index is 13.3. The van der Waals surface area contributed by atoms with E-state index < -0.39 is 5.82 Å². The lowest BCUT2D eigenvalue weighted by molar-refractivity contribution is 0.618. The molecular weight excluding hydrogens is 259 g/mol. The molecule has 0 spiro atoms. The van der Waals surface area contributed by atoms with E-state index in [1.54, 1.807) is 17.4 Å². The summed E-state index contributed by atoms with van der Waals surface area (Å²) in [6.45, 7) is 1.95. The van der Waals surface area contributed by atoms with Crippen LogP contribution in [0.3, 0.4) is 0 Å². The topological polar surface area (TPSA) is 38.9 Å². The van der Waals surface area contributed by atoms with Crippen molar-refractivity contribution in [1.82, 2.24) is 4.98 Å². The molecule has 0 bridgehead atoms. The standard InChI is InChI=1S/C12H12ClFN2S/c1-7-16-9(6-17-7)5-12(15)8-2-3-10(13)11(14)4-8/h2-4,6,12H,5,15H2,1H3. The molecule has 2 aromatic rings. The number of rotatable bonds is 3. The van der Waals surface area contributed by atoms with Gasteiger partial charge in [-0.1, -0.05) is 17.7 Å². The Balaban J connectivity index is 2.14. The van der Waals surface area contributed by atoms with Crippen molar-refractivity contribution in [2.75, 3.05) is 0 Å². The minimum absolute atomic E-state index is 0.116. The molecule has 1 aromatic heterocycles. The molecule has 0 amide bonds. The lowest BCUT2D eigenvalue weighted by Crippen LogP contribution is -2.13. The van der Waals surface area contributed by atoms with E-state index >= 15 is 0 Å². The molecule has 2 nitrogen and oxygen atoms in total. The Labute approximate surface area is 108 Å². The third-order valence-electron chi connectivity index (χ3n) is 2.47. The SMILES string of the molecule is Cc1nc(CC(N)c2ccc(Cl)c(F)c2)cs1. The molecule has 0 aliphatic rings. The summed E-state index contributed by atoms with van der Waals surface area (Å²) in [5, 5.41) is 3.10. The maximum Gasteiger partial charge on any atom is 0.142 e. The van der Waals surface area contributed by atoms with Crippen LogP contribution in [-0.4, -0.2) is 4.98 Å². The van der Waals surface area contributed by atoms with Crippen LogP contribution in [0.4, 0.5) is 4.39 Å². The van der Waals surface area contributed by atoms with Crippen LogP contribution in [0.25, 0.3) is 0 Å². The van der Waals surface area contributed by atoms with E-state index in [9.17, 15) is 4.39 Å². The lowest BCUT2D eigenvalue weighted by Gasteiger charge is -2.10. The van der Waals surface area contributed by atoms with Crippen molar-refractivity contribution >= 4 is 22.9 Å². The van der Waals surface area contributed by atoms with Crippen molar-refractivity contribution in [3.05, 3.63) is 50.7 Å². The summed E-state index contributed by atoms with van der Waals surface area (Å²) < 4.78 is 13.3. The predicted molar refractivity (Wildman–Crippen MR) is 68.9 cm³/mol. The van der Waals surface area contributed by atoms with E-state index in [-0.39, 0.29) is 11.1 Å². The minimum atomic E-state index is -0.436. The molecule has 1 heterocycles. The highest BCUT2D eigenvalue weighted by Crippen LogP contribution is 2.22. The lowest BCUT2D eigenvalue weighted by atomic mass is 10.0. The van der Waals surface area contributed by atoms with Crippen LogP contribution in [-0.2, 0) is 6.42 Å². The Bertz CT molecular complexity index is 527. The molecule has 2 rings (SSSR count). The van der Waals surface area contributed by atoms with Gasteiger partial charge in [-0.2, -0.15) is 0 Å². The smallest absolute Gasteiger partial charge is 0.142 e. The summed E-state index contributed by atoms with van der Waals surface area (Å²) in [4.78, 5) is 4.33. The molecule has 17 heavy (non-hydrogen) atoms. The molecule has 0 saturated carbocycles. The normalized spacial score (nSPS) is 12.7. The number of aromatic nitrogens is 1. The summed E-state index contributed by atoms with van der Waals surface area (Å²) in [6.07, 6.45) is 0.603. The van der Waals surface area contributed by atoms with Gasteiger partial charge in [-0.25, -0.2) is 9.37 Å². The quantitative estimate of drug-likeness (QED) is 0.927. The van der Waals surface area contributed by atoms with Crippen LogP contribution in [0, 0.1) is 12.7 Å². The monoisotopic (exact) mass is 270 g/mol. The van der Waals surface area contributed by atoms with Gasteiger partial charge in [0.2, 0.25) is 0 Å². The van der Waals surface area contributed by atoms with Gasteiger partial charge in [-0.15, -0.1) is 11.3 Å². The van der Waals surface area contributed by atoms with E-state index in [1.165, 1.54) is 12.1 Å². The summed E-state index contributed by atoms with van der Waals surface area (Å²) in [7, 11) is 0. The fraction of sp³-hybridized carbons (Fsp3) is 0.250. The number of halogens is 2. The van der Waals surface area contributed by atoms with Crippen molar-refractivity contribution in [2.24, 2.45) is 5.73 Å². The zero-order chi connectivity index (χ0) is 12.4. The van der Waals surface area contributed by atoms with Gasteiger partial charge in [0.05, 0.1) is 15.7 Å². The van der Waals surface area contributed by atoms with Crippen LogP contribution < -0.4 is 5.73 Å². The van der Waals surface area contributed by atoms with Crippen LogP contribution in [0.1, 0.15) is 22.3 Å². The van der Waals surface area contributed by atoms with Crippen molar-refractivity contribution in [1.29, 1.82) is 0 Å². The summed E-state index contributed by atoms with van der Waals surface area (Å²) in [5.74, 6) is -0.436. The van der Waals surface area contributed by atoms with E-state index in [0.29, 0.717) is 6.42 Å². The third-order valence-corrected chi connectivity index (χ3v) is 3.60. The average molecular weight is 271 g/mol. The molecule has 0 aliphatic carbocycles. The second kappa shape index (κ2) is 5.12. The van der Waals surface area contributed by atoms with Gasteiger partial charge in [-0.05, 0) is 24.6 Å². The number of thiazole rings is 1. The molecule has 0 aliphatic heterocycles. The Hall–Kier alpha value is -0.970. The van der Waals surface area contributed by atoms with Gasteiger partial charge in [0.15, 0.2) is 0 Å². The maximum absolute atomic E-state index is 13.3. The number of hydrogen-bond acceptors (Lipinski definition) is 3. The first kappa shape index (κ1) is 12.5. The van der Waals surface area contributed by atoms with Crippen LogP contribution in [0.2, 0.25) is 5.02 Å². The van der Waals surface area contributed by atoms with E-state index in [1.807, 2.05) is 12.3 Å². The summed E-state index contributed by atoms with van der Waals surface area (Å²) >= 11 is 7.21. The fourth-order valence-corrected chi connectivity index (χ4v) is 2.33. The molecule has 90 valence electrons. The molecule has 2 N–H and O–H groups in total.